The quantitative estimate of drug-likeness (QED) is 0.276. The molecule has 11 nitrogen and oxygen atoms in total. The highest BCUT2D eigenvalue weighted by molar-refractivity contribution is 7.89. The average Bonchev–Trinajstić information content (AvgIpc) is 3.01. The zero-order valence-corrected chi connectivity index (χ0v) is 25.5. The lowest BCUT2D eigenvalue weighted by Gasteiger charge is -2.41. The molecule has 0 radical (unpaired) electrons. The zero-order chi connectivity index (χ0) is 31.3. The molecule has 2 amide bonds. The molecule has 3 aromatic rings. The molecule has 0 aliphatic carbocycles. The molecule has 5 rings (SSSR count). The van der Waals surface area contributed by atoms with Gasteiger partial charge in [-0.05, 0) is 37.6 Å². The van der Waals surface area contributed by atoms with E-state index in [1.54, 1.807) is 19.2 Å². The molecule has 0 unspecified atom stereocenters. The molecule has 234 valence electrons. The third-order valence-corrected chi connectivity index (χ3v) is 9.65. The Morgan fingerprint density at radius 3 is 2.23 bits per heavy atom. The first-order chi connectivity index (χ1) is 21.1. The van der Waals surface area contributed by atoms with Crippen LogP contribution in [-0.2, 0) is 29.7 Å². The number of hydrogen-bond acceptors (Lipinski definition) is 7. The molecule has 3 N–H and O–H groups in total. The largest absolute Gasteiger partial charge is 0.465 e. The number of likely N-dealkylation sites (tertiary alicyclic amines) is 1. The van der Waals surface area contributed by atoms with Gasteiger partial charge in [-0.15, -0.1) is 0 Å². The summed E-state index contributed by atoms with van der Waals surface area (Å²) in [4.78, 5) is 26.9. The van der Waals surface area contributed by atoms with Crippen LogP contribution in [0, 0.1) is 12.8 Å². The van der Waals surface area contributed by atoms with Crippen LogP contribution in [0.25, 0.3) is 0 Å². The summed E-state index contributed by atoms with van der Waals surface area (Å²) < 4.78 is 46.3. The van der Waals surface area contributed by atoms with Crippen molar-refractivity contribution < 1.29 is 37.3 Å². The standard InChI is InChI=1S/C32H37N3O8S/c1-22-11-13-25(14-12-22)44(39,40)34-24-17-23(18-35(19-24)31(37)38)30(36)33-20-32(21-42-16-15-41-2)26-7-3-5-9-28(26)43-29-10-6-4-8-27(29)32/h3-14,23-24,34H,15-21H2,1-2H3,(H,33,36)(H,37,38)/t23-,24+/m0/s1. The summed E-state index contributed by atoms with van der Waals surface area (Å²) in [6.07, 6.45) is -1.09. The highest BCUT2D eigenvalue weighted by atomic mass is 32.2. The van der Waals surface area contributed by atoms with Gasteiger partial charge in [0.15, 0.2) is 0 Å². The van der Waals surface area contributed by atoms with Gasteiger partial charge in [0.2, 0.25) is 15.9 Å². The van der Waals surface area contributed by atoms with E-state index in [4.69, 9.17) is 14.2 Å². The molecule has 3 aromatic carbocycles. The Hall–Kier alpha value is -3.97. The van der Waals surface area contributed by atoms with Gasteiger partial charge in [-0.2, -0.15) is 0 Å². The smallest absolute Gasteiger partial charge is 0.407 e. The summed E-state index contributed by atoms with van der Waals surface area (Å²) in [5, 5.41) is 12.9. The van der Waals surface area contributed by atoms with Crippen LogP contribution >= 0.6 is 0 Å². The van der Waals surface area contributed by atoms with Gasteiger partial charge in [-0.3, -0.25) is 4.79 Å². The Morgan fingerprint density at radius 2 is 1.61 bits per heavy atom. The fourth-order valence-electron chi connectivity index (χ4n) is 5.87. The van der Waals surface area contributed by atoms with E-state index in [1.165, 1.54) is 12.1 Å². The van der Waals surface area contributed by atoms with Crippen molar-refractivity contribution in [1.29, 1.82) is 0 Å². The molecule has 2 aliphatic heterocycles. The van der Waals surface area contributed by atoms with E-state index in [-0.39, 0.29) is 43.5 Å². The van der Waals surface area contributed by atoms with E-state index >= 15 is 0 Å². The van der Waals surface area contributed by atoms with Gasteiger partial charge in [-0.25, -0.2) is 17.9 Å². The average molecular weight is 624 g/mol. The summed E-state index contributed by atoms with van der Waals surface area (Å²) in [6, 6.07) is 20.8. The topological polar surface area (TPSA) is 143 Å². The van der Waals surface area contributed by atoms with Crippen LogP contribution in [-0.4, -0.2) is 83.0 Å². The van der Waals surface area contributed by atoms with Gasteiger partial charge in [0.05, 0.1) is 36.0 Å². The Kier molecular flexibility index (Phi) is 9.54. The summed E-state index contributed by atoms with van der Waals surface area (Å²) in [7, 11) is -2.34. The second kappa shape index (κ2) is 13.3. The lowest BCUT2D eigenvalue weighted by atomic mass is 9.72. The number of amides is 2. The molecular formula is C32H37N3O8S. The lowest BCUT2D eigenvalue weighted by Crippen LogP contribution is -2.56. The van der Waals surface area contributed by atoms with Crippen molar-refractivity contribution in [3.05, 3.63) is 89.5 Å². The van der Waals surface area contributed by atoms with Crippen molar-refractivity contribution in [3.8, 4) is 11.5 Å². The highest BCUT2D eigenvalue weighted by Gasteiger charge is 2.44. The number of carbonyl (C=O) groups excluding carboxylic acids is 1. The fourth-order valence-corrected chi connectivity index (χ4v) is 7.11. The van der Waals surface area contributed by atoms with Crippen LogP contribution in [0.4, 0.5) is 4.79 Å². The molecule has 1 fully saturated rings. The minimum Gasteiger partial charge on any atom is -0.465 e. The van der Waals surface area contributed by atoms with Crippen molar-refractivity contribution in [2.45, 2.75) is 29.7 Å². The number of para-hydroxylation sites is 2. The molecule has 0 saturated carbocycles. The van der Waals surface area contributed by atoms with Gasteiger partial charge in [-0.1, -0.05) is 54.1 Å². The molecule has 12 heteroatoms. The number of ether oxygens (including phenoxy) is 3. The number of benzene rings is 3. The Balaban J connectivity index is 1.39. The third kappa shape index (κ3) is 6.73. The van der Waals surface area contributed by atoms with E-state index in [1.807, 2.05) is 55.5 Å². The maximum Gasteiger partial charge on any atom is 0.407 e. The summed E-state index contributed by atoms with van der Waals surface area (Å²) in [6.45, 7) is 2.83. The number of nitrogens with one attached hydrogen (secondary N) is 2. The number of piperidine rings is 1. The van der Waals surface area contributed by atoms with Crippen molar-refractivity contribution >= 4 is 22.0 Å². The minimum atomic E-state index is -3.94. The third-order valence-electron chi connectivity index (χ3n) is 8.11. The number of carboxylic acid groups (broad SMARTS) is 1. The highest BCUT2D eigenvalue weighted by Crippen LogP contribution is 2.48. The van der Waals surface area contributed by atoms with Crippen LogP contribution in [0.3, 0.4) is 0 Å². The number of carbonyl (C=O) groups is 2. The predicted octanol–water partition coefficient (Wildman–Crippen LogP) is 3.51. The van der Waals surface area contributed by atoms with Gasteiger partial charge in [0.1, 0.15) is 11.5 Å². The molecule has 0 spiro atoms. The van der Waals surface area contributed by atoms with Crippen LogP contribution < -0.4 is 14.8 Å². The predicted molar refractivity (Wildman–Crippen MR) is 162 cm³/mol. The maximum atomic E-state index is 13.8. The minimum absolute atomic E-state index is 0.0580. The van der Waals surface area contributed by atoms with E-state index in [0.717, 1.165) is 21.6 Å². The molecular weight excluding hydrogens is 586 g/mol. The molecule has 44 heavy (non-hydrogen) atoms. The molecule has 0 aromatic heterocycles. The second-order valence-corrected chi connectivity index (χ2v) is 12.9. The van der Waals surface area contributed by atoms with Crippen LogP contribution in [0.2, 0.25) is 0 Å². The monoisotopic (exact) mass is 623 g/mol. The fraction of sp³-hybridized carbons (Fsp3) is 0.375. The zero-order valence-electron chi connectivity index (χ0n) is 24.7. The van der Waals surface area contributed by atoms with E-state index in [9.17, 15) is 23.1 Å². The van der Waals surface area contributed by atoms with Gasteiger partial charge in [0.25, 0.3) is 0 Å². The second-order valence-electron chi connectivity index (χ2n) is 11.2. The number of fused-ring (bicyclic) bond motifs is 2. The SMILES string of the molecule is COCCOCC1(CNC(=O)[C@H]2C[C@@H](NS(=O)(=O)c3ccc(C)cc3)CN(C(=O)O)C2)c2ccccc2Oc2ccccc21. The van der Waals surface area contributed by atoms with Gasteiger partial charge in [0, 0.05) is 43.9 Å². The van der Waals surface area contributed by atoms with Crippen molar-refractivity contribution in [2.75, 3.05) is 46.6 Å². The van der Waals surface area contributed by atoms with Crippen LogP contribution in [0.1, 0.15) is 23.1 Å². The van der Waals surface area contributed by atoms with E-state index in [0.29, 0.717) is 24.7 Å². The number of rotatable bonds is 11. The van der Waals surface area contributed by atoms with Crippen LogP contribution in [0.5, 0.6) is 11.5 Å². The molecule has 1 saturated heterocycles. The van der Waals surface area contributed by atoms with E-state index in [2.05, 4.69) is 10.0 Å². The first-order valence-corrected chi connectivity index (χ1v) is 15.9. The van der Waals surface area contributed by atoms with Crippen molar-refractivity contribution in [1.82, 2.24) is 14.9 Å². The maximum absolute atomic E-state index is 13.8. The Morgan fingerprint density at radius 1 is 0.977 bits per heavy atom. The number of nitrogens with zero attached hydrogens (tertiary/aromatic N) is 1. The van der Waals surface area contributed by atoms with Crippen LogP contribution in [0.15, 0.2) is 77.7 Å². The number of hydrogen-bond donors (Lipinski definition) is 3. The van der Waals surface area contributed by atoms with E-state index < -0.39 is 33.5 Å². The van der Waals surface area contributed by atoms with Gasteiger partial charge >= 0.3 is 6.09 Å². The van der Waals surface area contributed by atoms with Gasteiger partial charge < -0.3 is 29.5 Å². The number of aryl methyl sites for hydroxylation is 1. The molecule has 2 aliphatic rings. The normalized spacial score (nSPS) is 18.9. The number of methoxy groups -OCH3 is 1. The van der Waals surface area contributed by atoms with Crippen molar-refractivity contribution in [3.63, 3.8) is 0 Å². The first-order valence-electron chi connectivity index (χ1n) is 14.4. The Labute approximate surface area is 257 Å². The summed E-state index contributed by atoms with van der Waals surface area (Å²) in [5.41, 5.74) is 1.78. The first kappa shape index (κ1) is 31.5. The summed E-state index contributed by atoms with van der Waals surface area (Å²) in [5.74, 6) is 0.128. The molecule has 0 bridgehead atoms. The Bertz CT molecular complexity index is 1550. The lowest BCUT2D eigenvalue weighted by molar-refractivity contribution is -0.127. The van der Waals surface area contributed by atoms with Crippen molar-refractivity contribution in [2.24, 2.45) is 5.92 Å². The molecule has 2 atom stereocenters. The molecule has 2 heterocycles. The number of sulfonamides is 1. The summed E-state index contributed by atoms with van der Waals surface area (Å²) >= 11 is 0.